The molecule has 0 radical (unpaired) electrons. The number of rotatable bonds is 11. The Morgan fingerprint density at radius 2 is 1.68 bits per heavy atom. The molecule has 3 aromatic carbocycles. The van der Waals surface area contributed by atoms with E-state index < -0.39 is 28.5 Å². The maximum atomic E-state index is 13.9. The van der Waals surface area contributed by atoms with Crippen LogP contribution < -0.4 is 14.4 Å². The standard InChI is InChI=1S/C27H30ClN3O5S/c1-4-24(27(33)29-2)30(18-20-11-10-12-21(17-20)36-3)26(32)19-31(25-16-9-8-15-23(25)28)37(34,35)22-13-6-5-7-14-22/h5-17,24H,4,18-19H2,1-3H3,(H,29,33)/t24-/m1/s1. The molecule has 0 saturated heterocycles. The van der Waals surface area contributed by atoms with Gasteiger partial charge < -0.3 is 15.0 Å². The summed E-state index contributed by atoms with van der Waals surface area (Å²) in [5.74, 6) is -0.311. The first-order valence-electron chi connectivity index (χ1n) is 11.7. The summed E-state index contributed by atoms with van der Waals surface area (Å²) >= 11 is 6.39. The second-order valence-electron chi connectivity index (χ2n) is 8.19. The number of hydrogen-bond acceptors (Lipinski definition) is 5. The number of amides is 2. The molecule has 0 bridgehead atoms. The molecule has 3 rings (SSSR count). The van der Waals surface area contributed by atoms with Gasteiger partial charge in [-0.3, -0.25) is 13.9 Å². The second kappa shape index (κ2) is 12.6. The zero-order chi connectivity index (χ0) is 27.0. The number of sulfonamides is 1. The smallest absolute Gasteiger partial charge is 0.264 e. The molecule has 8 nitrogen and oxygen atoms in total. The van der Waals surface area contributed by atoms with E-state index in [4.69, 9.17) is 16.3 Å². The average Bonchev–Trinajstić information content (AvgIpc) is 2.92. The van der Waals surface area contributed by atoms with Crippen molar-refractivity contribution in [3.8, 4) is 5.75 Å². The third-order valence-corrected chi connectivity index (χ3v) is 7.94. The van der Waals surface area contributed by atoms with E-state index in [9.17, 15) is 18.0 Å². The van der Waals surface area contributed by atoms with E-state index in [1.807, 2.05) is 6.07 Å². The Balaban J connectivity index is 2.06. The van der Waals surface area contributed by atoms with Crippen LogP contribution in [0.5, 0.6) is 5.75 Å². The molecule has 10 heteroatoms. The van der Waals surface area contributed by atoms with Gasteiger partial charge in [-0.25, -0.2) is 8.42 Å². The van der Waals surface area contributed by atoms with E-state index >= 15 is 0 Å². The molecule has 0 unspecified atom stereocenters. The molecule has 0 heterocycles. The Hall–Kier alpha value is -3.56. The van der Waals surface area contributed by atoms with E-state index in [0.717, 1.165) is 9.87 Å². The monoisotopic (exact) mass is 543 g/mol. The molecule has 3 aromatic rings. The van der Waals surface area contributed by atoms with Gasteiger partial charge in [-0.2, -0.15) is 0 Å². The summed E-state index contributed by atoms with van der Waals surface area (Å²) < 4.78 is 33.7. The molecule has 0 aliphatic carbocycles. The summed E-state index contributed by atoms with van der Waals surface area (Å²) in [6.07, 6.45) is 0.326. The van der Waals surface area contributed by atoms with Crippen LogP contribution in [0.25, 0.3) is 0 Å². The molecule has 196 valence electrons. The van der Waals surface area contributed by atoms with Crippen molar-refractivity contribution < 1.29 is 22.7 Å². The molecule has 0 aromatic heterocycles. The summed E-state index contributed by atoms with van der Waals surface area (Å²) in [6.45, 7) is 1.31. The predicted molar refractivity (Wildman–Crippen MR) is 144 cm³/mol. The molecule has 1 atom stereocenters. The number of halogens is 1. The van der Waals surface area contributed by atoms with Crippen LogP contribution in [0.3, 0.4) is 0 Å². The summed E-state index contributed by atoms with van der Waals surface area (Å²) in [4.78, 5) is 28.0. The first-order valence-corrected chi connectivity index (χ1v) is 13.5. The van der Waals surface area contributed by atoms with Crippen LogP contribution in [0.2, 0.25) is 5.02 Å². The number of anilines is 1. The fourth-order valence-corrected chi connectivity index (χ4v) is 5.68. The quantitative estimate of drug-likeness (QED) is 0.393. The zero-order valence-electron chi connectivity index (χ0n) is 20.9. The van der Waals surface area contributed by atoms with Crippen molar-refractivity contribution >= 4 is 39.1 Å². The molecule has 2 amide bonds. The van der Waals surface area contributed by atoms with Gasteiger partial charge in [-0.1, -0.05) is 61.0 Å². The highest BCUT2D eigenvalue weighted by Gasteiger charge is 2.34. The lowest BCUT2D eigenvalue weighted by Crippen LogP contribution is -2.51. The third kappa shape index (κ3) is 6.61. The number of nitrogens with one attached hydrogen (secondary N) is 1. The molecule has 0 aliphatic rings. The van der Waals surface area contributed by atoms with Crippen molar-refractivity contribution in [3.63, 3.8) is 0 Å². The van der Waals surface area contributed by atoms with Crippen molar-refractivity contribution in [1.82, 2.24) is 10.2 Å². The Morgan fingerprint density at radius 1 is 1.00 bits per heavy atom. The van der Waals surface area contributed by atoms with Crippen molar-refractivity contribution in [3.05, 3.63) is 89.4 Å². The van der Waals surface area contributed by atoms with Crippen LogP contribution in [-0.4, -0.2) is 51.9 Å². The van der Waals surface area contributed by atoms with Crippen LogP contribution in [-0.2, 0) is 26.2 Å². The first kappa shape index (κ1) is 28.0. The maximum absolute atomic E-state index is 13.9. The average molecular weight is 544 g/mol. The highest BCUT2D eigenvalue weighted by molar-refractivity contribution is 7.92. The lowest BCUT2D eigenvalue weighted by Gasteiger charge is -2.33. The number of para-hydroxylation sites is 1. The lowest BCUT2D eigenvalue weighted by molar-refractivity contribution is -0.140. The third-order valence-electron chi connectivity index (χ3n) is 5.85. The minimum absolute atomic E-state index is 0.0143. The summed E-state index contributed by atoms with van der Waals surface area (Å²) in [6, 6.07) is 20.6. The second-order valence-corrected chi connectivity index (χ2v) is 10.5. The van der Waals surface area contributed by atoms with Gasteiger partial charge in [0, 0.05) is 13.6 Å². The van der Waals surface area contributed by atoms with Gasteiger partial charge in [-0.05, 0) is 48.4 Å². The number of benzene rings is 3. The van der Waals surface area contributed by atoms with Gasteiger partial charge in [-0.15, -0.1) is 0 Å². The Kier molecular flexibility index (Phi) is 9.54. The van der Waals surface area contributed by atoms with Crippen molar-refractivity contribution in [1.29, 1.82) is 0 Å². The van der Waals surface area contributed by atoms with Gasteiger partial charge >= 0.3 is 0 Å². The molecule has 0 fully saturated rings. The predicted octanol–water partition coefficient (Wildman–Crippen LogP) is 4.10. The molecule has 0 saturated carbocycles. The van der Waals surface area contributed by atoms with Crippen LogP contribution in [0.4, 0.5) is 5.69 Å². The first-order chi connectivity index (χ1) is 17.7. The van der Waals surface area contributed by atoms with E-state index in [1.54, 1.807) is 67.6 Å². The number of hydrogen-bond donors (Lipinski definition) is 1. The van der Waals surface area contributed by atoms with Gasteiger partial charge in [0.2, 0.25) is 11.8 Å². The Bertz CT molecular complexity index is 1330. The van der Waals surface area contributed by atoms with E-state index in [1.165, 1.54) is 31.2 Å². The summed E-state index contributed by atoms with van der Waals surface area (Å²) in [5, 5.41) is 2.77. The van der Waals surface area contributed by atoms with Gasteiger partial charge in [0.1, 0.15) is 18.3 Å². The summed E-state index contributed by atoms with van der Waals surface area (Å²) in [7, 11) is -1.13. The van der Waals surface area contributed by atoms with Crippen molar-refractivity contribution in [2.75, 3.05) is 25.0 Å². The SMILES string of the molecule is CC[C@H](C(=O)NC)N(Cc1cccc(OC)c1)C(=O)CN(c1ccccc1Cl)S(=O)(=O)c1ccccc1. The molecule has 37 heavy (non-hydrogen) atoms. The maximum Gasteiger partial charge on any atom is 0.264 e. The zero-order valence-corrected chi connectivity index (χ0v) is 22.5. The van der Waals surface area contributed by atoms with Gasteiger partial charge in [0.05, 0.1) is 22.7 Å². The molecular weight excluding hydrogens is 514 g/mol. The minimum Gasteiger partial charge on any atom is -0.497 e. The largest absolute Gasteiger partial charge is 0.497 e. The summed E-state index contributed by atoms with van der Waals surface area (Å²) in [5.41, 5.74) is 0.890. The van der Waals surface area contributed by atoms with Crippen LogP contribution in [0.15, 0.2) is 83.8 Å². The Labute approximate surface area is 222 Å². The molecular formula is C27H30ClN3O5S. The molecule has 0 aliphatic heterocycles. The van der Waals surface area contributed by atoms with Crippen LogP contribution in [0, 0.1) is 0 Å². The molecule has 1 N–H and O–H groups in total. The van der Waals surface area contributed by atoms with Gasteiger partial charge in [0.15, 0.2) is 0 Å². The number of likely N-dealkylation sites (N-methyl/N-ethyl adjacent to an activating group) is 1. The van der Waals surface area contributed by atoms with Crippen molar-refractivity contribution in [2.45, 2.75) is 30.8 Å². The topological polar surface area (TPSA) is 96.0 Å². The highest BCUT2D eigenvalue weighted by Crippen LogP contribution is 2.31. The number of carbonyl (C=O) groups is 2. The fourth-order valence-electron chi connectivity index (χ4n) is 3.94. The normalized spacial score (nSPS) is 11.9. The number of methoxy groups -OCH3 is 1. The van der Waals surface area contributed by atoms with E-state index in [2.05, 4.69) is 5.32 Å². The lowest BCUT2D eigenvalue weighted by atomic mass is 10.1. The minimum atomic E-state index is -4.17. The van der Waals surface area contributed by atoms with E-state index in [-0.39, 0.29) is 28.1 Å². The van der Waals surface area contributed by atoms with Crippen molar-refractivity contribution in [2.24, 2.45) is 0 Å². The fraction of sp³-hybridized carbons (Fsp3) is 0.259. The van der Waals surface area contributed by atoms with Crippen LogP contribution >= 0.6 is 11.6 Å². The Morgan fingerprint density at radius 3 is 2.30 bits per heavy atom. The van der Waals surface area contributed by atoms with E-state index in [0.29, 0.717) is 12.2 Å². The number of carbonyl (C=O) groups excluding carboxylic acids is 2. The number of ether oxygens (including phenoxy) is 1. The van der Waals surface area contributed by atoms with Crippen LogP contribution in [0.1, 0.15) is 18.9 Å². The molecule has 0 spiro atoms. The van der Waals surface area contributed by atoms with Gasteiger partial charge in [0.25, 0.3) is 10.0 Å². The number of nitrogens with zero attached hydrogens (tertiary/aromatic N) is 2. The highest BCUT2D eigenvalue weighted by atomic mass is 35.5.